The zero-order valence-electron chi connectivity index (χ0n) is 34.2. The molecule has 10 atom stereocenters. The van der Waals surface area contributed by atoms with Crippen LogP contribution in [0.1, 0.15) is 58.8 Å². The van der Waals surface area contributed by atoms with Crippen molar-refractivity contribution in [2.24, 2.45) is 0 Å². The van der Waals surface area contributed by atoms with E-state index in [9.17, 15) is 33.6 Å². The minimum absolute atomic E-state index is 0.0859. The summed E-state index contributed by atoms with van der Waals surface area (Å²) in [7, 11) is 0. The van der Waals surface area contributed by atoms with E-state index in [1.807, 2.05) is 0 Å². The number of rotatable bonds is 17. The van der Waals surface area contributed by atoms with Gasteiger partial charge in [-0.1, -0.05) is 60.7 Å². The molecule has 62 heavy (non-hydrogen) atoms. The van der Waals surface area contributed by atoms with Gasteiger partial charge in [-0.3, -0.25) is 19.2 Å². The van der Waals surface area contributed by atoms with E-state index in [0.717, 1.165) is 27.7 Å². The Morgan fingerprint density at radius 1 is 0.468 bits per heavy atom. The van der Waals surface area contributed by atoms with Crippen LogP contribution in [-0.2, 0) is 71.3 Å². The molecule has 0 saturated carbocycles. The SMILES string of the molecule is C=CCO[C@H]1O[C@H](CO[C@@H]2O[C@H](COC(C)=O)[C@@H](OC(C)=O)[C@H](OC(C)=O)[C@H]2OC(C)=O)[C@@H](OC(=O)c2ccccc2)[C@H](OC(=O)c2ccccc2)[C@H]1OC(=O)c1ccccc1. The number of esters is 7. The van der Waals surface area contributed by atoms with Crippen molar-refractivity contribution in [2.75, 3.05) is 19.8 Å². The van der Waals surface area contributed by atoms with Gasteiger partial charge in [-0.2, -0.15) is 0 Å². The summed E-state index contributed by atoms with van der Waals surface area (Å²) < 4.78 is 64.4. The standard InChI is InChI=1S/C44H46O18/c1-6-22-52-43-39(62-42(51)31-20-14-9-15-21-31)37(61-41(50)30-18-12-8-13-19-30)35(60-40(49)29-16-10-7-11-17-29)33(58-43)24-54-44-38(57-28(5)48)36(56-27(4)47)34(55-26(3)46)32(59-44)23-53-25(2)45/h6-21,32-39,43-44H,1,22-24H2,2-5H3/t32-,33-,34-,35-,36+,37+,38-,39-,43+,44-/m1/s1. The molecule has 18 heteroatoms. The molecular formula is C44H46O18. The highest BCUT2D eigenvalue weighted by Crippen LogP contribution is 2.34. The average Bonchev–Trinajstić information content (AvgIpc) is 3.25. The summed E-state index contributed by atoms with van der Waals surface area (Å²) in [5.74, 6) is -6.01. The molecule has 2 heterocycles. The van der Waals surface area contributed by atoms with E-state index in [1.165, 1.54) is 42.5 Å². The summed E-state index contributed by atoms with van der Waals surface area (Å²) in [5, 5.41) is 0. The maximum atomic E-state index is 13.9. The molecule has 2 aliphatic heterocycles. The van der Waals surface area contributed by atoms with Crippen LogP contribution in [0.3, 0.4) is 0 Å². The summed E-state index contributed by atoms with van der Waals surface area (Å²) in [6.07, 6.45) is -14.3. The van der Waals surface area contributed by atoms with Gasteiger partial charge in [0.15, 0.2) is 49.2 Å². The van der Waals surface area contributed by atoms with Gasteiger partial charge >= 0.3 is 41.8 Å². The minimum Gasteiger partial charge on any atom is -0.463 e. The predicted molar refractivity (Wildman–Crippen MR) is 210 cm³/mol. The second kappa shape index (κ2) is 22.4. The number of carbonyl (C=O) groups is 7. The Balaban J connectivity index is 1.59. The molecule has 2 aliphatic rings. The van der Waals surface area contributed by atoms with Gasteiger partial charge in [-0.15, -0.1) is 6.58 Å². The molecule has 2 fully saturated rings. The first-order valence-electron chi connectivity index (χ1n) is 19.3. The van der Waals surface area contributed by atoms with E-state index in [0.29, 0.717) is 0 Å². The number of ether oxygens (including phenoxy) is 11. The Morgan fingerprint density at radius 2 is 0.823 bits per heavy atom. The number of benzene rings is 3. The molecule has 0 spiro atoms. The van der Waals surface area contributed by atoms with Crippen molar-refractivity contribution >= 4 is 41.8 Å². The highest BCUT2D eigenvalue weighted by Gasteiger charge is 2.56. The maximum Gasteiger partial charge on any atom is 0.338 e. The van der Waals surface area contributed by atoms with Crippen LogP contribution >= 0.6 is 0 Å². The third kappa shape index (κ3) is 12.8. The Morgan fingerprint density at radius 3 is 1.27 bits per heavy atom. The fraction of sp³-hybridized carbons (Fsp3) is 0.386. The van der Waals surface area contributed by atoms with Gasteiger partial charge < -0.3 is 52.1 Å². The average molecular weight is 863 g/mol. The summed E-state index contributed by atoms with van der Waals surface area (Å²) in [6, 6.07) is 23.5. The normalized spacial score (nSPS) is 25.5. The van der Waals surface area contributed by atoms with Gasteiger partial charge in [0.2, 0.25) is 0 Å². The highest BCUT2D eigenvalue weighted by atomic mass is 16.8. The zero-order chi connectivity index (χ0) is 44.8. The molecule has 3 aromatic rings. The topological polar surface area (TPSA) is 221 Å². The fourth-order valence-corrected chi connectivity index (χ4v) is 6.52. The summed E-state index contributed by atoms with van der Waals surface area (Å²) in [4.78, 5) is 90.5. The monoisotopic (exact) mass is 862 g/mol. The summed E-state index contributed by atoms with van der Waals surface area (Å²) in [5.41, 5.74) is 0.298. The minimum atomic E-state index is -1.70. The number of hydrogen-bond donors (Lipinski definition) is 0. The molecule has 0 amide bonds. The summed E-state index contributed by atoms with van der Waals surface area (Å²) in [6.45, 7) is 6.62. The van der Waals surface area contributed by atoms with E-state index in [4.69, 9.17) is 52.1 Å². The Bertz CT molecular complexity index is 2020. The molecule has 2 saturated heterocycles. The van der Waals surface area contributed by atoms with Crippen LogP contribution in [0.15, 0.2) is 104 Å². The summed E-state index contributed by atoms with van der Waals surface area (Å²) >= 11 is 0. The second-order valence-corrected chi connectivity index (χ2v) is 13.8. The van der Waals surface area contributed by atoms with Gasteiger partial charge in [-0.05, 0) is 36.4 Å². The maximum absolute atomic E-state index is 13.9. The van der Waals surface area contributed by atoms with Gasteiger partial charge in [0.05, 0.1) is 29.9 Å². The molecule has 0 radical (unpaired) electrons. The smallest absolute Gasteiger partial charge is 0.338 e. The van der Waals surface area contributed by atoms with Crippen molar-refractivity contribution in [2.45, 2.75) is 89.1 Å². The Labute approximate surface area is 356 Å². The third-order valence-corrected chi connectivity index (χ3v) is 9.10. The largest absolute Gasteiger partial charge is 0.463 e. The van der Waals surface area contributed by atoms with E-state index in [2.05, 4.69) is 6.58 Å². The van der Waals surface area contributed by atoms with Crippen molar-refractivity contribution in [3.05, 3.63) is 120 Å². The molecule has 18 nitrogen and oxygen atoms in total. The molecule has 330 valence electrons. The van der Waals surface area contributed by atoms with Crippen LogP contribution in [0, 0.1) is 0 Å². The van der Waals surface area contributed by atoms with E-state index in [1.54, 1.807) is 54.6 Å². The highest BCUT2D eigenvalue weighted by molar-refractivity contribution is 5.91. The second-order valence-electron chi connectivity index (χ2n) is 13.8. The fourth-order valence-electron chi connectivity index (χ4n) is 6.52. The predicted octanol–water partition coefficient (Wildman–Crippen LogP) is 3.69. The molecule has 3 aromatic carbocycles. The molecule has 5 rings (SSSR count). The lowest BCUT2D eigenvalue weighted by Gasteiger charge is -2.46. The molecular weight excluding hydrogens is 816 g/mol. The van der Waals surface area contributed by atoms with Crippen molar-refractivity contribution in [3.8, 4) is 0 Å². The van der Waals surface area contributed by atoms with Gasteiger partial charge in [0.25, 0.3) is 0 Å². The molecule has 0 N–H and O–H groups in total. The van der Waals surface area contributed by atoms with Crippen molar-refractivity contribution in [1.82, 2.24) is 0 Å². The molecule has 0 aliphatic carbocycles. The van der Waals surface area contributed by atoms with Crippen molar-refractivity contribution < 1.29 is 85.7 Å². The lowest BCUT2D eigenvalue weighted by molar-refractivity contribution is -0.331. The first kappa shape index (κ1) is 46.6. The van der Waals surface area contributed by atoms with Gasteiger partial charge in [0, 0.05) is 27.7 Å². The first-order valence-corrected chi connectivity index (χ1v) is 19.3. The van der Waals surface area contributed by atoms with Crippen LogP contribution < -0.4 is 0 Å². The quantitative estimate of drug-likeness (QED) is 0.107. The zero-order valence-corrected chi connectivity index (χ0v) is 34.2. The van der Waals surface area contributed by atoms with Crippen LogP contribution in [0.25, 0.3) is 0 Å². The Kier molecular flexibility index (Phi) is 16.8. The van der Waals surface area contributed by atoms with Crippen LogP contribution in [0.5, 0.6) is 0 Å². The van der Waals surface area contributed by atoms with Crippen LogP contribution in [-0.4, -0.2) is 123 Å². The van der Waals surface area contributed by atoms with Crippen molar-refractivity contribution in [3.63, 3.8) is 0 Å². The van der Waals surface area contributed by atoms with Crippen molar-refractivity contribution in [1.29, 1.82) is 0 Å². The molecule has 0 bridgehead atoms. The van der Waals surface area contributed by atoms with E-state index in [-0.39, 0.29) is 23.3 Å². The lowest BCUT2D eigenvalue weighted by atomic mass is 9.97. The van der Waals surface area contributed by atoms with E-state index >= 15 is 0 Å². The third-order valence-electron chi connectivity index (χ3n) is 9.10. The van der Waals surface area contributed by atoms with Gasteiger partial charge in [0.1, 0.15) is 18.8 Å². The Hall–Kier alpha value is -6.47. The molecule has 0 unspecified atom stereocenters. The van der Waals surface area contributed by atoms with E-state index < -0.39 is 116 Å². The van der Waals surface area contributed by atoms with Gasteiger partial charge in [-0.25, -0.2) is 14.4 Å². The molecule has 0 aromatic heterocycles. The van der Waals surface area contributed by atoms with Crippen LogP contribution in [0.4, 0.5) is 0 Å². The lowest BCUT2D eigenvalue weighted by Crippen LogP contribution is -2.65. The number of carbonyl (C=O) groups excluding carboxylic acids is 7. The first-order chi connectivity index (χ1) is 29.7. The number of hydrogen-bond acceptors (Lipinski definition) is 18. The van der Waals surface area contributed by atoms with Crippen LogP contribution in [0.2, 0.25) is 0 Å².